The van der Waals surface area contributed by atoms with Gasteiger partial charge in [-0.15, -0.1) is 12.0 Å². The minimum Gasteiger partial charge on any atom is -0.497 e. The molecule has 0 N–H and O–H groups in total. The van der Waals surface area contributed by atoms with E-state index in [1.165, 1.54) is 5.56 Å². The van der Waals surface area contributed by atoms with E-state index in [4.69, 9.17) is 11.2 Å². The quantitative estimate of drug-likeness (QED) is 0.543. The van der Waals surface area contributed by atoms with Crippen LogP contribution in [0.3, 0.4) is 0 Å². The SMILES string of the molecule is C#C[Si](C)(C)Cc1cccc(OC)c1. The molecule has 74 valence electrons. The van der Waals surface area contributed by atoms with E-state index in [1.54, 1.807) is 7.11 Å². The first-order valence-corrected chi connectivity index (χ1v) is 7.89. The summed E-state index contributed by atoms with van der Waals surface area (Å²) in [6.07, 6.45) is 5.51. The van der Waals surface area contributed by atoms with E-state index >= 15 is 0 Å². The standard InChI is InChI=1S/C12H16OSi/c1-5-14(3,4)10-11-7-6-8-12(9-11)13-2/h1,6-9H,10H2,2-4H3. The molecule has 0 aromatic heterocycles. The summed E-state index contributed by atoms with van der Waals surface area (Å²) >= 11 is 0. The third kappa shape index (κ3) is 2.93. The van der Waals surface area contributed by atoms with E-state index < -0.39 is 8.07 Å². The lowest BCUT2D eigenvalue weighted by Crippen LogP contribution is -2.27. The second kappa shape index (κ2) is 4.34. The van der Waals surface area contributed by atoms with Crippen molar-refractivity contribution >= 4 is 8.07 Å². The monoisotopic (exact) mass is 204 g/mol. The highest BCUT2D eigenvalue weighted by Gasteiger charge is 2.18. The van der Waals surface area contributed by atoms with Gasteiger partial charge >= 0.3 is 0 Å². The van der Waals surface area contributed by atoms with Crippen LogP contribution in [0.1, 0.15) is 5.56 Å². The maximum atomic E-state index is 5.51. The number of hydrogen-bond donors (Lipinski definition) is 0. The summed E-state index contributed by atoms with van der Waals surface area (Å²) in [5, 5.41) is 0. The van der Waals surface area contributed by atoms with Crippen LogP contribution in [0.2, 0.25) is 13.1 Å². The molecule has 0 aliphatic rings. The number of methoxy groups -OCH3 is 1. The second-order valence-corrected chi connectivity index (χ2v) is 8.47. The zero-order valence-corrected chi connectivity index (χ0v) is 10.0. The Morgan fingerprint density at radius 1 is 1.43 bits per heavy atom. The van der Waals surface area contributed by atoms with Gasteiger partial charge in [0.15, 0.2) is 0 Å². The Morgan fingerprint density at radius 3 is 2.71 bits per heavy atom. The molecule has 0 amide bonds. The Morgan fingerprint density at radius 2 is 2.14 bits per heavy atom. The van der Waals surface area contributed by atoms with Crippen molar-refractivity contribution in [3.63, 3.8) is 0 Å². The topological polar surface area (TPSA) is 9.23 Å². The van der Waals surface area contributed by atoms with E-state index in [0.717, 1.165) is 11.8 Å². The summed E-state index contributed by atoms with van der Waals surface area (Å²) in [6, 6.07) is 9.14. The summed E-state index contributed by atoms with van der Waals surface area (Å²) in [6.45, 7) is 4.40. The van der Waals surface area contributed by atoms with Crippen molar-refractivity contribution in [2.24, 2.45) is 0 Å². The molecule has 1 nitrogen and oxygen atoms in total. The lowest BCUT2D eigenvalue weighted by molar-refractivity contribution is 0.414. The van der Waals surface area contributed by atoms with Crippen molar-refractivity contribution in [1.82, 2.24) is 0 Å². The lowest BCUT2D eigenvalue weighted by atomic mass is 10.2. The number of ether oxygens (including phenoxy) is 1. The average molecular weight is 204 g/mol. The molecule has 0 unspecified atom stereocenters. The molecule has 0 saturated heterocycles. The fourth-order valence-electron chi connectivity index (χ4n) is 1.34. The zero-order chi connectivity index (χ0) is 10.6. The smallest absolute Gasteiger partial charge is 0.136 e. The first kappa shape index (κ1) is 10.9. The predicted molar refractivity (Wildman–Crippen MR) is 63.0 cm³/mol. The Bertz CT molecular complexity index is 350. The molecule has 1 aromatic carbocycles. The van der Waals surface area contributed by atoms with Crippen LogP contribution in [0.4, 0.5) is 0 Å². The van der Waals surface area contributed by atoms with E-state index in [9.17, 15) is 0 Å². The molecule has 0 fully saturated rings. The fourth-order valence-corrected chi connectivity index (χ4v) is 2.69. The second-order valence-electron chi connectivity index (χ2n) is 4.06. The molecular formula is C12H16OSi. The van der Waals surface area contributed by atoms with Gasteiger partial charge in [0.25, 0.3) is 0 Å². The van der Waals surface area contributed by atoms with Crippen molar-refractivity contribution in [2.45, 2.75) is 19.1 Å². The van der Waals surface area contributed by atoms with Gasteiger partial charge in [0, 0.05) is 0 Å². The van der Waals surface area contributed by atoms with E-state index in [-0.39, 0.29) is 0 Å². The van der Waals surface area contributed by atoms with Crippen LogP contribution in [0.5, 0.6) is 5.75 Å². The van der Waals surface area contributed by atoms with E-state index in [1.807, 2.05) is 12.1 Å². The fraction of sp³-hybridized carbons (Fsp3) is 0.333. The number of benzene rings is 1. The summed E-state index contributed by atoms with van der Waals surface area (Å²) in [4.78, 5) is 0. The normalized spacial score (nSPS) is 10.7. The third-order valence-corrected chi connectivity index (χ3v) is 4.24. The molecule has 0 saturated carbocycles. The molecular weight excluding hydrogens is 188 g/mol. The average Bonchev–Trinajstić information content (AvgIpc) is 2.17. The van der Waals surface area contributed by atoms with Crippen molar-refractivity contribution in [1.29, 1.82) is 0 Å². The van der Waals surface area contributed by atoms with Crippen LogP contribution >= 0.6 is 0 Å². The van der Waals surface area contributed by atoms with Crippen LogP contribution in [0.25, 0.3) is 0 Å². The van der Waals surface area contributed by atoms with Gasteiger partial charge in [-0.1, -0.05) is 25.2 Å². The van der Waals surface area contributed by atoms with Gasteiger partial charge in [-0.05, 0) is 23.7 Å². The molecule has 14 heavy (non-hydrogen) atoms. The molecule has 2 heteroatoms. The minimum atomic E-state index is -1.48. The lowest BCUT2D eigenvalue weighted by Gasteiger charge is -2.14. The molecule has 0 spiro atoms. The van der Waals surface area contributed by atoms with Gasteiger partial charge in [0.1, 0.15) is 13.8 Å². The largest absolute Gasteiger partial charge is 0.497 e. The van der Waals surface area contributed by atoms with Crippen molar-refractivity contribution < 1.29 is 4.74 Å². The zero-order valence-electron chi connectivity index (χ0n) is 9.00. The van der Waals surface area contributed by atoms with Gasteiger partial charge in [-0.3, -0.25) is 0 Å². The Hall–Kier alpha value is -1.20. The Labute approximate surface area is 87.1 Å². The number of terminal acetylenes is 1. The molecule has 0 bridgehead atoms. The number of hydrogen-bond acceptors (Lipinski definition) is 1. The summed E-state index contributed by atoms with van der Waals surface area (Å²) in [5.41, 5.74) is 4.20. The molecule has 0 aliphatic heterocycles. The van der Waals surface area contributed by atoms with E-state index in [2.05, 4.69) is 30.8 Å². The van der Waals surface area contributed by atoms with Crippen LogP contribution in [-0.2, 0) is 6.04 Å². The molecule has 1 aromatic rings. The van der Waals surface area contributed by atoms with Gasteiger partial charge < -0.3 is 4.74 Å². The van der Waals surface area contributed by atoms with Crippen molar-refractivity contribution in [3.05, 3.63) is 29.8 Å². The maximum absolute atomic E-state index is 5.51. The summed E-state index contributed by atoms with van der Waals surface area (Å²) in [7, 11) is 0.202. The first-order chi connectivity index (χ1) is 6.57. The maximum Gasteiger partial charge on any atom is 0.136 e. The van der Waals surface area contributed by atoms with Crippen LogP contribution in [0, 0.1) is 12.0 Å². The minimum absolute atomic E-state index is 0.907. The summed E-state index contributed by atoms with van der Waals surface area (Å²) in [5.74, 6) is 0.907. The van der Waals surface area contributed by atoms with Crippen LogP contribution in [-0.4, -0.2) is 15.2 Å². The number of rotatable bonds is 3. The van der Waals surface area contributed by atoms with E-state index in [0.29, 0.717) is 0 Å². The summed E-state index contributed by atoms with van der Waals surface area (Å²) < 4.78 is 5.17. The molecule has 0 aliphatic carbocycles. The predicted octanol–water partition coefficient (Wildman–Crippen LogP) is 2.66. The van der Waals surface area contributed by atoms with Crippen LogP contribution in [0.15, 0.2) is 24.3 Å². The van der Waals surface area contributed by atoms with Gasteiger partial charge in [-0.25, -0.2) is 0 Å². The highest BCUT2D eigenvalue weighted by molar-refractivity contribution is 6.84. The van der Waals surface area contributed by atoms with Crippen molar-refractivity contribution in [3.8, 4) is 17.7 Å². The van der Waals surface area contributed by atoms with Gasteiger partial charge in [0.2, 0.25) is 0 Å². The van der Waals surface area contributed by atoms with Crippen molar-refractivity contribution in [2.75, 3.05) is 7.11 Å². The Kier molecular flexibility index (Phi) is 3.37. The molecule has 0 atom stereocenters. The highest BCUT2D eigenvalue weighted by Crippen LogP contribution is 2.16. The van der Waals surface area contributed by atoms with Gasteiger partial charge in [-0.2, -0.15) is 0 Å². The Balaban J connectivity index is 2.83. The molecule has 0 heterocycles. The molecule has 1 rings (SSSR count). The first-order valence-electron chi connectivity index (χ1n) is 4.68. The third-order valence-electron chi connectivity index (χ3n) is 2.17. The van der Waals surface area contributed by atoms with Crippen LogP contribution < -0.4 is 4.74 Å². The van der Waals surface area contributed by atoms with Gasteiger partial charge in [0.05, 0.1) is 7.11 Å². The molecule has 0 radical (unpaired) electrons. The highest BCUT2D eigenvalue weighted by atomic mass is 28.3.